The molecule has 0 saturated heterocycles. The minimum Gasteiger partial charge on any atom is -0.346 e. The van der Waals surface area contributed by atoms with E-state index in [-0.39, 0.29) is 47.3 Å². The van der Waals surface area contributed by atoms with Gasteiger partial charge < -0.3 is 10.6 Å². The van der Waals surface area contributed by atoms with Gasteiger partial charge in [-0.15, -0.1) is 9.24 Å². The first-order chi connectivity index (χ1) is 10.4. The molecular weight excluding hydrogens is 315 g/mol. The highest BCUT2D eigenvalue weighted by Crippen LogP contribution is 2.00. The first kappa shape index (κ1) is 24.0. The van der Waals surface area contributed by atoms with E-state index >= 15 is 0 Å². The van der Waals surface area contributed by atoms with Crippen molar-refractivity contribution in [3.8, 4) is 0 Å². The predicted molar refractivity (Wildman–Crippen MR) is 95.2 cm³/mol. The summed E-state index contributed by atoms with van der Waals surface area (Å²) >= 11 is 0. The van der Waals surface area contributed by atoms with Gasteiger partial charge in [0.2, 0.25) is 11.8 Å². The lowest BCUT2D eigenvalue weighted by Crippen LogP contribution is -2.40. The molecule has 0 spiro atoms. The third kappa shape index (κ3) is 11.9. The van der Waals surface area contributed by atoms with Crippen LogP contribution in [0.25, 0.3) is 0 Å². The first-order valence-electron chi connectivity index (χ1n) is 7.75. The van der Waals surface area contributed by atoms with Gasteiger partial charge in [-0.25, -0.2) is 0 Å². The van der Waals surface area contributed by atoms with Crippen molar-refractivity contribution in [3.63, 3.8) is 0 Å². The molecule has 6 nitrogen and oxygen atoms in total. The number of hydrogen-bond acceptors (Lipinski definition) is 4. The van der Waals surface area contributed by atoms with Crippen molar-refractivity contribution in [2.24, 2.45) is 11.8 Å². The van der Waals surface area contributed by atoms with Crippen molar-refractivity contribution < 1.29 is 19.2 Å². The van der Waals surface area contributed by atoms with Crippen molar-refractivity contribution in [3.05, 3.63) is 0 Å². The largest absolute Gasteiger partial charge is 0.346 e. The highest BCUT2D eigenvalue weighted by molar-refractivity contribution is 7.16. The van der Waals surface area contributed by atoms with E-state index in [0.717, 1.165) is 6.16 Å². The summed E-state index contributed by atoms with van der Waals surface area (Å²) in [5.74, 6) is -0.271. The number of carbonyl (C=O) groups is 4. The van der Waals surface area contributed by atoms with Crippen molar-refractivity contribution >= 4 is 32.6 Å². The quantitative estimate of drug-likeness (QED) is 0.680. The lowest BCUT2D eigenvalue weighted by atomic mass is 10.1. The zero-order chi connectivity index (χ0) is 18.7. The molecule has 0 aromatic heterocycles. The number of rotatable bonds is 7. The summed E-state index contributed by atoms with van der Waals surface area (Å²) < 4.78 is 0. The standard InChI is InChI=1S/C8H16NO2P.C8H15NO2/c1-5(4-12)8(11)9-6(2)7(3)10;1-5(2)8(11)9-6(3)7(4)10/h5-6H,4,12H2,1-3H3,(H,9,11);5-6H,1-4H3,(H,9,11). The lowest BCUT2D eigenvalue weighted by molar-refractivity contribution is -0.128. The van der Waals surface area contributed by atoms with Gasteiger partial charge >= 0.3 is 0 Å². The van der Waals surface area contributed by atoms with Crippen LogP contribution >= 0.6 is 9.24 Å². The smallest absolute Gasteiger partial charge is 0.223 e. The molecule has 4 atom stereocenters. The molecule has 0 saturated carbocycles. The molecular formula is C16H31N2O4P. The van der Waals surface area contributed by atoms with E-state index in [1.807, 2.05) is 6.92 Å². The minimum atomic E-state index is -0.364. The zero-order valence-corrected chi connectivity index (χ0v) is 16.4. The molecule has 0 rings (SSSR count). The van der Waals surface area contributed by atoms with Crippen LogP contribution in [0.2, 0.25) is 0 Å². The molecule has 0 bridgehead atoms. The fourth-order valence-corrected chi connectivity index (χ4v) is 1.26. The Morgan fingerprint density at radius 3 is 1.39 bits per heavy atom. The van der Waals surface area contributed by atoms with Crippen LogP contribution in [-0.2, 0) is 19.2 Å². The highest BCUT2D eigenvalue weighted by atomic mass is 31.0. The SMILES string of the molecule is CC(=O)C(C)NC(=O)C(C)C.CC(=O)C(C)NC(=O)C(C)CP. The van der Waals surface area contributed by atoms with Crippen LogP contribution in [0.15, 0.2) is 0 Å². The summed E-state index contributed by atoms with van der Waals surface area (Å²) in [5.41, 5.74) is 0. The number of nitrogens with one attached hydrogen (secondary N) is 2. The first-order valence-corrected chi connectivity index (χ1v) is 8.57. The third-order valence-corrected chi connectivity index (χ3v) is 3.97. The number of hydrogen-bond donors (Lipinski definition) is 2. The number of carbonyl (C=O) groups excluding carboxylic acids is 4. The van der Waals surface area contributed by atoms with Gasteiger partial charge in [0.1, 0.15) is 0 Å². The second-order valence-electron chi connectivity index (χ2n) is 5.97. The van der Waals surface area contributed by atoms with Crippen LogP contribution in [0.3, 0.4) is 0 Å². The van der Waals surface area contributed by atoms with Crippen LogP contribution in [0.1, 0.15) is 48.5 Å². The molecule has 0 aliphatic heterocycles. The van der Waals surface area contributed by atoms with E-state index < -0.39 is 0 Å². The van der Waals surface area contributed by atoms with Crippen LogP contribution < -0.4 is 10.6 Å². The molecule has 0 aliphatic rings. The molecule has 23 heavy (non-hydrogen) atoms. The summed E-state index contributed by atoms with van der Waals surface area (Å²) in [4.78, 5) is 43.7. The van der Waals surface area contributed by atoms with Gasteiger partial charge in [0, 0.05) is 11.8 Å². The Balaban J connectivity index is 0. The summed E-state index contributed by atoms with van der Waals surface area (Å²) in [7, 11) is 2.50. The maximum absolute atomic E-state index is 11.2. The van der Waals surface area contributed by atoms with Crippen molar-refractivity contribution in [2.75, 3.05) is 6.16 Å². The molecule has 0 aromatic carbocycles. The Hall–Kier alpha value is -1.29. The molecule has 7 heteroatoms. The maximum atomic E-state index is 11.2. The van der Waals surface area contributed by atoms with Gasteiger partial charge in [0.25, 0.3) is 0 Å². The Morgan fingerprint density at radius 1 is 0.783 bits per heavy atom. The average Bonchev–Trinajstić information content (AvgIpc) is 2.46. The second-order valence-corrected chi connectivity index (χ2v) is 6.44. The van der Waals surface area contributed by atoms with Crippen molar-refractivity contribution in [1.29, 1.82) is 0 Å². The number of amides is 2. The highest BCUT2D eigenvalue weighted by Gasteiger charge is 2.15. The van der Waals surface area contributed by atoms with E-state index in [4.69, 9.17) is 0 Å². The molecule has 134 valence electrons. The van der Waals surface area contributed by atoms with Gasteiger partial charge in [0.05, 0.1) is 12.1 Å². The van der Waals surface area contributed by atoms with Gasteiger partial charge in [0.15, 0.2) is 11.6 Å². The van der Waals surface area contributed by atoms with Crippen LogP contribution in [0.5, 0.6) is 0 Å². The minimum absolute atomic E-state index is 0.0145. The molecule has 0 radical (unpaired) electrons. The normalized spacial score (nSPS) is 14.0. The Kier molecular flexibility index (Phi) is 12.7. The van der Waals surface area contributed by atoms with Gasteiger partial charge in [-0.3, -0.25) is 19.2 Å². The van der Waals surface area contributed by atoms with Crippen LogP contribution in [0.4, 0.5) is 0 Å². The van der Waals surface area contributed by atoms with E-state index in [2.05, 4.69) is 19.9 Å². The Labute approximate surface area is 141 Å². The summed E-state index contributed by atoms with van der Waals surface area (Å²) in [6.45, 7) is 11.7. The fraction of sp³-hybridized carbons (Fsp3) is 0.750. The molecule has 0 aliphatic carbocycles. The van der Waals surface area contributed by atoms with Gasteiger partial charge in [-0.1, -0.05) is 20.8 Å². The summed E-state index contributed by atoms with van der Waals surface area (Å²) in [5, 5.41) is 5.22. The van der Waals surface area contributed by atoms with Crippen LogP contribution in [-0.4, -0.2) is 41.6 Å². The van der Waals surface area contributed by atoms with Crippen molar-refractivity contribution in [1.82, 2.24) is 10.6 Å². The molecule has 0 aromatic rings. The van der Waals surface area contributed by atoms with Crippen LogP contribution in [0, 0.1) is 11.8 Å². The zero-order valence-electron chi connectivity index (χ0n) is 15.2. The predicted octanol–water partition coefficient (Wildman–Crippen LogP) is 1.33. The van der Waals surface area contributed by atoms with E-state index in [0.29, 0.717) is 0 Å². The second kappa shape index (κ2) is 12.2. The molecule has 2 amide bonds. The Bertz CT molecular complexity index is 424. The van der Waals surface area contributed by atoms with Crippen molar-refractivity contribution in [2.45, 2.75) is 60.5 Å². The molecule has 0 heterocycles. The third-order valence-electron chi connectivity index (χ3n) is 3.26. The summed E-state index contributed by atoms with van der Waals surface area (Å²) in [6.07, 6.45) is 0.719. The van der Waals surface area contributed by atoms with E-state index in [1.54, 1.807) is 27.7 Å². The molecule has 2 N–H and O–H groups in total. The van der Waals surface area contributed by atoms with Gasteiger partial charge in [-0.05, 0) is 33.9 Å². The van der Waals surface area contributed by atoms with Gasteiger partial charge in [-0.2, -0.15) is 0 Å². The summed E-state index contributed by atoms with van der Waals surface area (Å²) in [6, 6.07) is -0.721. The topological polar surface area (TPSA) is 92.3 Å². The molecule has 4 unspecified atom stereocenters. The maximum Gasteiger partial charge on any atom is 0.223 e. The number of Topliss-reactive ketones (excluding diaryl/α,β-unsaturated/α-hetero) is 2. The van der Waals surface area contributed by atoms with E-state index in [1.165, 1.54) is 13.8 Å². The monoisotopic (exact) mass is 346 g/mol. The Morgan fingerprint density at radius 2 is 1.13 bits per heavy atom. The average molecular weight is 346 g/mol. The lowest BCUT2D eigenvalue weighted by Gasteiger charge is -2.13. The van der Waals surface area contributed by atoms with E-state index in [9.17, 15) is 19.2 Å². The molecule has 0 fully saturated rings. The fourth-order valence-electron chi connectivity index (χ4n) is 1.05. The number of ketones is 2.